The number of piperazine rings is 1. The van der Waals surface area contributed by atoms with Gasteiger partial charge in [0.25, 0.3) is 5.91 Å². The predicted octanol–water partition coefficient (Wildman–Crippen LogP) is 0.354. The zero-order valence-electron chi connectivity index (χ0n) is 13.8. The molecule has 1 aromatic heterocycles. The summed E-state index contributed by atoms with van der Waals surface area (Å²) in [4.78, 5) is 35.0. The zero-order valence-corrected chi connectivity index (χ0v) is 13.8. The van der Waals surface area contributed by atoms with Crippen molar-refractivity contribution in [1.29, 1.82) is 5.26 Å². The minimum atomic E-state index is -0.587. The minimum Gasteiger partial charge on any atom is -0.337 e. The number of amides is 2. The maximum absolute atomic E-state index is 12.9. The van der Waals surface area contributed by atoms with E-state index < -0.39 is 5.54 Å². The van der Waals surface area contributed by atoms with Gasteiger partial charge in [-0.2, -0.15) is 5.26 Å². The van der Waals surface area contributed by atoms with Gasteiger partial charge in [0.15, 0.2) is 0 Å². The van der Waals surface area contributed by atoms with Gasteiger partial charge in [-0.3, -0.25) is 19.5 Å². The predicted molar refractivity (Wildman–Crippen MR) is 86.9 cm³/mol. The lowest BCUT2D eigenvalue weighted by Crippen LogP contribution is -2.68. The molecular formula is C17H21N5O2. The van der Waals surface area contributed by atoms with E-state index in [-0.39, 0.29) is 18.4 Å². The van der Waals surface area contributed by atoms with Crippen molar-refractivity contribution in [2.24, 2.45) is 0 Å². The van der Waals surface area contributed by atoms with Crippen molar-refractivity contribution < 1.29 is 9.59 Å². The topological polar surface area (TPSA) is 80.5 Å². The molecule has 0 N–H and O–H groups in total. The molecule has 126 valence electrons. The molecule has 0 saturated carbocycles. The summed E-state index contributed by atoms with van der Waals surface area (Å²) >= 11 is 0. The number of aromatic nitrogens is 1. The van der Waals surface area contributed by atoms with Crippen molar-refractivity contribution >= 4 is 11.8 Å². The van der Waals surface area contributed by atoms with E-state index in [4.69, 9.17) is 5.26 Å². The quantitative estimate of drug-likeness (QED) is 0.733. The molecule has 2 saturated heterocycles. The van der Waals surface area contributed by atoms with Crippen LogP contribution >= 0.6 is 0 Å². The van der Waals surface area contributed by atoms with Gasteiger partial charge in [0.1, 0.15) is 17.8 Å². The van der Waals surface area contributed by atoms with Crippen molar-refractivity contribution in [1.82, 2.24) is 19.7 Å². The smallest absolute Gasteiger partial charge is 0.272 e. The highest BCUT2D eigenvalue weighted by molar-refractivity contribution is 5.93. The molecule has 7 heteroatoms. The second kappa shape index (κ2) is 6.57. The van der Waals surface area contributed by atoms with Gasteiger partial charge in [0.05, 0.1) is 6.07 Å². The van der Waals surface area contributed by atoms with Crippen LogP contribution in [0, 0.1) is 11.3 Å². The van der Waals surface area contributed by atoms with E-state index in [0.29, 0.717) is 38.2 Å². The van der Waals surface area contributed by atoms with Crippen molar-refractivity contribution in [3.63, 3.8) is 0 Å². The Morgan fingerprint density at radius 3 is 2.67 bits per heavy atom. The monoisotopic (exact) mass is 327 g/mol. The summed E-state index contributed by atoms with van der Waals surface area (Å²) in [7, 11) is 1.96. The Morgan fingerprint density at radius 2 is 2.04 bits per heavy atom. The average molecular weight is 327 g/mol. The molecule has 0 unspecified atom stereocenters. The average Bonchev–Trinajstić information content (AvgIpc) is 2.63. The molecule has 0 atom stereocenters. The molecule has 0 bridgehead atoms. The highest BCUT2D eigenvalue weighted by atomic mass is 16.2. The van der Waals surface area contributed by atoms with Crippen LogP contribution in [0.5, 0.6) is 0 Å². The molecule has 24 heavy (non-hydrogen) atoms. The van der Waals surface area contributed by atoms with Gasteiger partial charge >= 0.3 is 0 Å². The third-order valence-electron chi connectivity index (χ3n) is 5.14. The van der Waals surface area contributed by atoms with Crippen molar-refractivity contribution in [3.8, 4) is 6.07 Å². The van der Waals surface area contributed by atoms with Crippen LogP contribution in [-0.4, -0.2) is 76.8 Å². The number of carbonyl (C=O) groups is 2. The van der Waals surface area contributed by atoms with Crippen LogP contribution in [0.25, 0.3) is 0 Å². The molecule has 0 aliphatic carbocycles. The third kappa shape index (κ3) is 2.74. The highest BCUT2D eigenvalue weighted by Crippen LogP contribution is 2.33. The summed E-state index contributed by atoms with van der Waals surface area (Å²) in [5.74, 6) is -0.0759. The number of rotatable bonds is 2. The van der Waals surface area contributed by atoms with Crippen molar-refractivity contribution in [3.05, 3.63) is 30.1 Å². The lowest BCUT2D eigenvalue weighted by molar-refractivity contribution is -0.152. The first-order valence-corrected chi connectivity index (χ1v) is 8.16. The minimum absolute atomic E-state index is 0.0164. The van der Waals surface area contributed by atoms with Crippen LogP contribution in [0.1, 0.15) is 23.3 Å². The molecule has 3 rings (SSSR count). The molecule has 3 heterocycles. The maximum atomic E-state index is 12.9. The Labute approximate surface area is 141 Å². The molecule has 2 amide bonds. The maximum Gasteiger partial charge on any atom is 0.272 e. The molecule has 7 nitrogen and oxygen atoms in total. The molecule has 1 spiro atoms. The van der Waals surface area contributed by atoms with Crippen LogP contribution in [-0.2, 0) is 4.79 Å². The Balaban J connectivity index is 1.72. The van der Waals surface area contributed by atoms with Crippen LogP contribution < -0.4 is 0 Å². The van der Waals surface area contributed by atoms with E-state index in [1.807, 2.05) is 7.05 Å². The fourth-order valence-electron chi connectivity index (χ4n) is 3.61. The number of hydrogen-bond acceptors (Lipinski definition) is 5. The third-order valence-corrected chi connectivity index (χ3v) is 5.14. The van der Waals surface area contributed by atoms with Crippen LogP contribution in [0.3, 0.4) is 0 Å². The van der Waals surface area contributed by atoms with E-state index in [0.717, 1.165) is 6.54 Å². The van der Waals surface area contributed by atoms with Crippen LogP contribution in [0.2, 0.25) is 0 Å². The second-order valence-corrected chi connectivity index (χ2v) is 6.35. The number of hydrogen-bond donors (Lipinski definition) is 0. The molecule has 0 aromatic carbocycles. The first-order chi connectivity index (χ1) is 11.6. The van der Waals surface area contributed by atoms with E-state index in [9.17, 15) is 9.59 Å². The Bertz CT molecular complexity index is 661. The fraction of sp³-hybridized carbons (Fsp3) is 0.529. The summed E-state index contributed by atoms with van der Waals surface area (Å²) in [5, 5.41) is 8.91. The number of likely N-dealkylation sites (tertiary alicyclic amines) is 1. The van der Waals surface area contributed by atoms with Crippen LogP contribution in [0.4, 0.5) is 0 Å². The lowest BCUT2D eigenvalue weighted by Gasteiger charge is -2.51. The number of pyridine rings is 1. The molecular weight excluding hydrogens is 306 g/mol. The standard InChI is InChI=1S/C17H21N5O2/c1-20-12-13-22(11-7-18)16(24)17(20)5-9-21(10-6-17)15(23)14-4-2-3-8-19-14/h2-4,8H,5-6,9-13H2,1H3. The Morgan fingerprint density at radius 1 is 1.29 bits per heavy atom. The summed E-state index contributed by atoms with van der Waals surface area (Å²) in [5.41, 5.74) is -0.154. The number of nitrogens with zero attached hydrogens (tertiary/aromatic N) is 5. The van der Waals surface area contributed by atoms with Crippen molar-refractivity contribution in [2.45, 2.75) is 18.4 Å². The first-order valence-electron chi connectivity index (χ1n) is 8.16. The van der Waals surface area contributed by atoms with Gasteiger partial charge in [-0.25, -0.2) is 0 Å². The Hall–Kier alpha value is -2.46. The van der Waals surface area contributed by atoms with Gasteiger partial charge in [-0.15, -0.1) is 0 Å². The summed E-state index contributed by atoms with van der Waals surface area (Å²) in [6.07, 6.45) is 2.78. The SMILES string of the molecule is CN1CCN(CC#N)C(=O)C12CCN(C(=O)c1ccccn1)CC2. The Kier molecular flexibility index (Phi) is 4.49. The molecule has 1 aromatic rings. The number of piperidine rings is 1. The normalized spacial score (nSPS) is 20.9. The largest absolute Gasteiger partial charge is 0.337 e. The van der Waals surface area contributed by atoms with Gasteiger partial charge in [0, 0.05) is 32.4 Å². The van der Waals surface area contributed by atoms with Gasteiger partial charge in [0.2, 0.25) is 5.91 Å². The molecule has 2 fully saturated rings. The van der Waals surface area contributed by atoms with E-state index >= 15 is 0 Å². The van der Waals surface area contributed by atoms with Crippen LogP contribution in [0.15, 0.2) is 24.4 Å². The van der Waals surface area contributed by atoms with E-state index in [1.165, 1.54) is 0 Å². The second-order valence-electron chi connectivity index (χ2n) is 6.35. The highest BCUT2D eigenvalue weighted by Gasteiger charge is 2.49. The zero-order chi connectivity index (χ0) is 17.2. The number of carbonyl (C=O) groups excluding carboxylic acids is 2. The summed E-state index contributed by atoms with van der Waals surface area (Å²) in [6.45, 7) is 2.51. The number of likely N-dealkylation sites (N-methyl/N-ethyl adjacent to an activating group) is 1. The lowest BCUT2D eigenvalue weighted by atomic mass is 9.82. The van der Waals surface area contributed by atoms with E-state index in [2.05, 4.69) is 16.0 Å². The molecule has 2 aliphatic heterocycles. The first kappa shape index (κ1) is 16.4. The van der Waals surface area contributed by atoms with E-state index in [1.54, 1.807) is 34.2 Å². The van der Waals surface area contributed by atoms with Gasteiger partial charge in [-0.1, -0.05) is 6.07 Å². The van der Waals surface area contributed by atoms with Gasteiger partial charge < -0.3 is 9.80 Å². The summed E-state index contributed by atoms with van der Waals surface area (Å²) in [6, 6.07) is 7.35. The summed E-state index contributed by atoms with van der Waals surface area (Å²) < 4.78 is 0. The van der Waals surface area contributed by atoms with Gasteiger partial charge in [-0.05, 0) is 32.0 Å². The fourth-order valence-corrected chi connectivity index (χ4v) is 3.61. The number of nitriles is 1. The molecule has 0 radical (unpaired) electrons. The molecule has 2 aliphatic rings. The van der Waals surface area contributed by atoms with Crippen molar-refractivity contribution in [2.75, 3.05) is 39.8 Å².